The minimum Gasteiger partial charge on any atom is -0.332 e. The Hall–Kier alpha value is -8.83. The molecule has 4 nitrogen and oxygen atoms in total. The Morgan fingerprint density at radius 1 is 0.556 bits per heavy atom. The fourth-order valence-electron chi connectivity index (χ4n) is 11.4. The second-order valence-corrected chi connectivity index (χ2v) is 19.1. The van der Waals surface area contributed by atoms with E-state index in [0.717, 1.165) is 63.3 Å². The number of allylic oxidation sites excluding steroid dienone is 6. The van der Waals surface area contributed by atoms with E-state index in [1.54, 1.807) is 0 Å². The van der Waals surface area contributed by atoms with Gasteiger partial charge in [-0.1, -0.05) is 212 Å². The lowest BCUT2D eigenvalue weighted by Gasteiger charge is -2.35. The zero-order valence-electron chi connectivity index (χ0n) is 39.9. The molecule has 2 aliphatic heterocycles. The molecule has 0 bridgehead atoms. The standard InChI is InChI=1S/C68H52N4/c69-61(49-20-3-1-4-21-49)44-62(50-22-5-2-6-23-50)70-45-46-19-17-25-51(41-46)47-37-39-48(40-38-47)52-26-18-27-54(42-52)71-63-34-14-11-31-58(63)67-59-32-12-15-35-64(59)72(68(67)60-33-13-16-36-65(60)71)66-43-53-24-7-8-28-55(53)56-29-9-10-30-57(56)66/h1-5,7-22,24-45,59,61,64H,6,23,69H2/b62-44-,70-45+. The summed E-state index contributed by atoms with van der Waals surface area (Å²) in [5.41, 5.74) is 25.3. The van der Waals surface area contributed by atoms with Crippen LogP contribution in [0.5, 0.6) is 0 Å². The number of nitrogens with zero attached hydrogens (tertiary/aromatic N) is 3. The van der Waals surface area contributed by atoms with E-state index in [-0.39, 0.29) is 18.0 Å². The molecular weight excluding hydrogens is 873 g/mol. The van der Waals surface area contributed by atoms with Crippen molar-refractivity contribution in [3.05, 3.63) is 288 Å². The number of anilines is 4. The molecule has 3 atom stereocenters. The fourth-order valence-corrected chi connectivity index (χ4v) is 11.4. The van der Waals surface area contributed by atoms with Crippen molar-refractivity contribution in [2.45, 2.75) is 24.9 Å². The van der Waals surface area contributed by atoms with Gasteiger partial charge in [-0.2, -0.15) is 0 Å². The summed E-state index contributed by atoms with van der Waals surface area (Å²) in [7, 11) is 0. The average molecular weight is 925 g/mol. The summed E-state index contributed by atoms with van der Waals surface area (Å²) in [4.78, 5) is 10.2. The first-order valence-corrected chi connectivity index (χ1v) is 25.2. The highest BCUT2D eigenvalue weighted by Gasteiger charge is 2.44. The molecule has 0 amide bonds. The van der Waals surface area contributed by atoms with Crippen molar-refractivity contribution in [2.24, 2.45) is 16.6 Å². The van der Waals surface area contributed by atoms with E-state index < -0.39 is 0 Å². The van der Waals surface area contributed by atoms with Gasteiger partial charge in [0.1, 0.15) is 0 Å². The van der Waals surface area contributed by atoms with Crippen LogP contribution in [0.3, 0.4) is 0 Å². The highest BCUT2D eigenvalue weighted by Crippen LogP contribution is 2.57. The van der Waals surface area contributed by atoms with Crippen molar-refractivity contribution in [3.8, 4) is 22.3 Å². The molecule has 72 heavy (non-hydrogen) atoms. The third kappa shape index (κ3) is 7.74. The number of hydrogen-bond donors (Lipinski definition) is 1. The summed E-state index contributed by atoms with van der Waals surface area (Å²) in [6.45, 7) is 0. The quantitative estimate of drug-likeness (QED) is 0.116. The van der Waals surface area contributed by atoms with Gasteiger partial charge in [-0.15, -0.1) is 0 Å². The van der Waals surface area contributed by atoms with Gasteiger partial charge in [0.25, 0.3) is 0 Å². The van der Waals surface area contributed by atoms with Crippen molar-refractivity contribution in [2.75, 3.05) is 9.80 Å². The summed E-state index contributed by atoms with van der Waals surface area (Å²) in [5, 5.41) is 5.05. The molecule has 0 spiro atoms. The van der Waals surface area contributed by atoms with Gasteiger partial charge < -0.3 is 15.5 Å². The maximum atomic E-state index is 6.70. The normalized spacial score (nSPS) is 17.5. The van der Waals surface area contributed by atoms with Gasteiger partial charge in [-0.25, -0.2) is 0 Å². The molecule has 4 aliphatic rings. The molecular formula is C68H52N4. The maximum absolute atomic E-state index is 6.70. The largest absolute Gasteiger partial charge is 0.332 e. The summed E-state index contributed by atoms with van der Waals surface area (Å²) >= 11 is 0. The lowest BCUT2D eigenvalue weighted by molar-refractivity contribution is 0.716. The van der Waals surface area contributed by atoms with E-state index >= 15 is 0 Å². The smallest absolute Gasteiger partial charge is 0.0640 e. The van der Waals surface area contributed by atoms with Crippen LogP contribution >= 0.6 is 0 Å². The Kier molecular flexibility index (Phi) is 11.1. The number of aliphatic imine (C=N–C) groups is 1. The lowest BCUT2D eigenvalue weighted by Crippen LogP contribution is -2.33. The Labute approximate surface area is 421 Å². The van der Waals surface area contributed by atoms with Crippen LogP contribution in [0.1, 0.15) is 41.1 Å². The molecule has 2 heterocycles. The number of para-hydroxylation sites is 2. The monoisotopic (exact) mass is 924 g/mol. The molecule has 344 valence electrons. The predicted octanol–water partition coefficient (Wildman–Crippen LogP) is 16.9. The van der Waals surface area contributed by atoms with Gasteiger partial charge in [0.2, 0.25) is 0 Å². The van der Waals surface area contributed by atoms with Crippen LogP contribution < -0.4 is 15.5 Å². The van der Waals surface area contributed by atoms with Crippen LogP contribution in [-0.2, 0) is 0 Å². The van der Waals surface area contributed by atoms with Crippen molar-refractivity contribution in [1.82, 2.24) is 0 Å². The molecule has 0 saturated carbocycles. The molecule has 9 aromatic rings. The van der Waals surface area contributed by atoms with Crippen LogP contribution in [-0.4, -0.2) is 12.3 Å². The predicted molar refractivity (Wildman–Crippen MR) is 304 cm³/mol. The number of rotatable bonds is 9. The third-order valence-electron chi connectivity index (χ3n) is 14.8. The topological polar surface area (TPSA) is 44.9 Å². The second kappa shape index (κ2) is 18.5. The first-order chi connectivity index (χ1) is 35.6. The minimum absolute atomic E-state index is 0.112. The Bertz CT molecular complexity index is 3790. The molecule has 9 aromatic carbocycles. The van der Waals surface area contributed by atoms with E-state index in [2.05, 4.69) is 246 Å². The number of hydrogen-bond acceptors (Lipinski definition) is 4. The van der Waals surface area contributed by atoms with Crippen molar-refractivity contribution >= 4 is 61.8 Å². The average Bonchev–Trinajstić information content (AvgIpc) is 3.73. The molecule has 2 aliphatic carbocycles. The molecule has 4 heteroatoms. The van der Waals surface area contributed by atoms with E-state index in [4.69, 9.17) is 10.7 Å². The number of fused-ring (bicyclic) bond motifs is 9. The third-order valence-corrected chi connectivity index (χ3v) is 14.8. The Morgan fingerprint density at radius 2 is 1.22 bits per heavy atom. The molecule has 0 aromatic heterocycles. The zero-order valence-corrected chi connectivity index (χ0v) is 39.9. The van der Waals surface area contributed by atoms with E-state index in [1.165, 1.54) is 60.9 Å². The summed E-state index contributed by atoms with van der Waals surface area (Å²) in [6.07, 6.45) is 21.8. The summed E-state index contributed by atoms with van der Waals surface area (Å²) in [5.74, 6) is 0.150. The second-order valence-electron chi connectivity index (χ2n) is 19.1. The molecule has 2 N–H and O–H groups in total. The molecule has 3 unspecified atom stereocenters. The molecule has 0 saturated heterocycles. The summed E-state index contributed by atoms with van der Waals surface area (Å²) < 4.78 is 0. The molecule has 13 rings (SSSR count). The number of nitrogens with two attached hydrogens (primary N) is 1. The maximum Gasteiger partial charge on any atom is 0.0640 e. The van der Waals surface area contributed by atoms with E-state index in [9.17, 15) is 0 Å². The molecule has 0 radical (unpaired) electrons. The van der Waals surface area contributed by atoms with E-state index in [1.807, 2.05) is 24.4 Å². The van der Waals surface area contributed by atoms with Gasteiger partial charge >= 0.3 is 0 Å². The Balaban J connectivity index is 0.851. The van der Waals surface area contributed by atoms with Gasteiger partial charge in [0.15, 0.2) is 0 Å². The van der Waals surface area contributed by atoms with Crippen molar-refractivity contribution in [3.63, 3.8) is 0 Å². The van der Waals surface area contributed by atoms with Gasteiger partial charge in [0.05, 0.1) is 40.5 Å². The van der Waals surface area contributed by atoms with Gasteiger partial charge in [0, 0.05) is 34.3 Å². The van der Waals surface area contributed by atoms with Crippen LogP contribution in [0.15, 0.2) is 271 Å². The van der Waals surface area contributed by atoms with Crippen LogP contribution in [0.25, 0.3) is 55.1 Å². The number of benzene rings is 9. The minimum atomic E-state index is -0.252. The van der Waals surface area contributed by atoms with Gasteiger partial charge in [-0.3, -0.25) is 4.99 Å². The highest BCUT2D eigenvalue weighted by molar-refractivity contribution is 6.18. The first kappa shape index (κ1) is 43.2. The van der Waals surface area contributed by atoms with Crippen LogP contribution in [0.2, 0.25) is 0 Å². The highest BCUT2D eigenvalue weighted by atomic mass is 15.2. The fraction of sp³-hybridized carbons (Fsp3) is 0.0735. The Morgan fingerprint density at radius 3 is 2.01 bits per heavy atom. The van der Waals surface area contributed by atoms with Crippen molar-refractivity contribution in [1.29, 1.82) is 0 Å². The summed E-state index contributed by atoms with van der Waals surface area (Å²) in [6, 6.07) is 74.9. The van der Waals surface area contributed by atoms with E-state index in [0.29, 0.717) is 0 Å². The lowest BCUT2D eigenvalue weighted by atomic mass is 9.85. The molecule has 0 fully saturated rings. The SMILES string of the molecule is NC(/C=C(\N=C\c1cccc(-c2ccc(-c3cccc(N4c5ccccc5C5=C(c6ccccc64)N(c4cc6ccccc6c6ccccc46)C4C=CC=CC54)c3)cc2)c1)C1=CC=CCC1)c1ccccc1. The first-order valence-electron chi connectivity index (χ1n) is 25.2. The zero-order chi connectivity index (χ0) is 48.0. The van der Waals surface area contributed by atoms with Crippen molar-refractivity contribution < 1.29 is 0 Å². The van der Waals surface area contributed by atoms with Crippen LogP contribution in [0.4, 0.5) is 22.7 Å². The van der Waals surface area contributed by atoms with Crippen LogP contribution in [0, 0.1) is 5.92 Å². The van der Waals surface area contributed by atoms with Gasteiger partial charge in [-0.05, 0) is 116 Å².